The van der Waals surface area contributed by atoms with Crippen molar-refractivity contribution in [3.8, 4) is 0 Å². The van der Waals surface area contributed by atoms with Crippen LogP contribution in [0.3, 0.4) is 0 Å². The minimum Gasteiger partial charge on any atom is -0.297 e. The summed E-state index contributed by atoms with van der Waals surface area (Å²) in [5.74, 6) is 0. The van der Waals surface area contributed by atoms with Gasteiger partial charge in [-0.05, 0) is 44.4 Å². The Labute approximate surface area is 108 Å². The lowest BCUT2D eigenvalue weighted by Gasteiger charge is -2.10. The Bertz CT molecular complexity index is 585. The Morgan fingerprint density at radius 3 is 2.22 bits per heavy atom. The molecule has 3 heteroatoms. The molecule has 2 aromatic rings. The lowest BCUT2D eigenvalue weighted by Crippen LogP contribution is -2.25. The Morgan fingerprint density at radius 2 is 1.72 bits per heavy atom. The second-order valence-electron chi connectivity index (χ2n) is 5.08. The van der Waals surface area contributed by atoms with Crippen molar-refractivity contribution in [2.24, 2.45) is 0 Å². The van der Waals surface area contributed by atoms with Crippen LogP contribution in [0.1, 0.15) is 36.6 Å². The lowest BCUT2D eigenvalue weighted by molar-refractivity contribution is 0.560. The third-order valence-corrected chi connectivity index (χ3v) is 3.40. The Kier molecular flexibility index (Phi) is 3.41. The fourth-order valence-electron chi connectivity index (χ4n) is 2.21. The van der Waals surface area contributed by atoms with Gasteiger partial charge in [-0.15, -0.1) is 0 Å². The fourth-order valence-corrected chi connectivity index (χ4v) is 2.21. The van der Waals surface area contributed by atoms with E-state index in [4.69, 9.17) is 0 Å². The molecular weight excluding hydrogens is 224 g/mol. The number of benzene rings is 1. The van der Waals surface area contributed by atoms with Crippen LogP contribution in [-0.4, -0.2) is 9.13 Å². The van der Waals surface area contributed by atoms with Crippen molar-refractivity contribution in [1.82, 2.24) is 9.13 Å². The van der Waals surface area contributed by atoms with Crippen molar-refractivity contribution in [3.63, 3.8) is 0 Å². The fraction of sp³-hybridized carbons (Fsp3) is 0.400. The van der Waals surface area contributed by atoms with E-state index in [-0.39, 0.29) is 11.7 Å². The summed E-state index contributed by atoms with van der Waals surface area (Å²) in [4.78, 5) is 12.2. The van der Waals surface area contributed by atoms with Crippen LogP contribution in [0.25, 0.3) is 0 Å². The van der Waals surface area contributed by atoms with Crippen LogP contribution in [0.15, 0.2) is 35.4 Å². The zero-order valence-electron chi connectivity index (χ0n) is 11.5. The van der Waals surface area contributed by atoms with E-state index in [1.165, 1.54) is 16.7 Å². The van der Waals surface area contributed by atoms with Crippen LogP contribution in [0.4, 0.5) is 0 Å². The molecule has 0 N–H and O–H groups in total. The summed E-state index contributed by atoms with van der Waals surface area (Å²) in [6, 6.07) is 6.44. The van der Waals surface area contributed by atoms with E-state index >= 15 is 0 Å². The number of hydrogen-bond acceptors (Lipinski definition) is 1. The maximum absolute atomic E-state index is 12.2. The van der Waals surface area contributed by atoms with E-state index in [9.17, 15) is 4.79 Å². The summed E-state index contributed by atoms with van der Waals surface area (Å²) >= 11 is 0. The SMILES string of the molecule is Cc1cccc(C)c1Cn1ccn(C(C)C)c1=O. The first-order valence-electron chi connectivity index (χ1n) is 6.33. The first-order valence-corrected chi connectivity index (χ1v) is 6.33. The highest BCUT2D eigenvalue weighted by atomic mass is 16.1. The van der Waals surface area contributed by atoms with Crippen LogP contribution in [0.2, 0.25) is 0 Å². The van der Waals surface area contributed by atoms with Gasteiger partial charge in [0.2, 0.25) is 0 Å². The van der Waals surface area contributed by atoms with Crippen LogP contribution < -0.4 is 5.69 Å². The van der Waals surface area contributed by atoms with Crippen LogP contribution in [-0.2, 0) is 6.54 Å². The highest BCUT2D eigenvalue weighted by molar-refractivity contribution is 5.33. The number of aryl methyl sites for hydroxylation is 2. The minimum absolute atomic E-state index is 0.0626. The average molecular weight is 244 g/mol. The van der Waals surface area contributed by atoms with Crippen molar-refractivity contribution < 1.29 is 0 Å². The van der Waals surface area contributed by atoms with Crippen LogP contribution in [0.5, 0.6) is 0 Å². The smallest absolute Gasteiger partial charge is 0.297 e. The molecule has 3 nitrogen and oxygen atoms in total. The number of aromatic nitrogens is 2. The average Bonchev–Trinajstić information content (AvgIpc) is 2.66. The summed E-state index contributed by atoms with van der Waals surface area (Å²) in [6.07, 6.45) is 3.73. The van der Waals surface area contributed by atoms with E-state index in [0.717, 1.165) is 0 Å². The Morgan fingerprint density at radius 1 is 1.11 bits per heavy atom. The zero-order chi connectivity index (χ0) is 13.3. The molecule has 0 saturated heterocycles. The van der Waals surface area contributed by atoms with Gasteiger partial charge in [-0.2, -0.15) is 0 Å². The molecule has 96 valence electrons. The number of hydrogen-bond donors (Lipinski definition) is 0. The molecule has 0 atom stereocenters. The molecule has 0 bridgehead atoms. The third-order valence-electron chi connectivity index (χ3n) is 3.40. The summed E-state index contributed by atoms with van der Waals surface area (Å²) in [6.45, 7) is 8.87. The summed E-state index contributed by atoms with van der Waals surface area (Å²) < 4.78 is 3.53. The second kappa shape index (κ2) is 4.84. The van der Waals surface area contributed by atoms with Crippen molar-refractivity contribution in [3.05, 3.63) is 57.8 Å². The summed E-state index contributed by atoms with van der Waals surface area (Å²) in [5.41, 5.74) is 3.77. The molecule has 0 unspecified atom stereocenters. The monoisotopic (exact) mass is 244 g/mol. The first-order chi connectivity index (χ1) is 8.50. The predicted molar refractivity (Wildman–Crippen MR) is 74.1 cm³/mol. The Hall–Kier alpha value is -1.77. The molecule has 0 saturated carbocycles. The maximum Gasteiger partial charge on any atom is 0.328 e. The van der Waals surface area contributed by atoms with Gasteiger partial charge in [0.05, 0.1) is 6.54 Å². The third kappa shape index (κ3) is 2.26. The van der Waals surface area contributed by atoms with Crippen molar-refractivity contribution in [2.45, 2.75) is 40.3 Å². The van der Waals surface area contributed by atoms with Gasteiger partial charge in [-0.1, -0.05) is 18.2 Å². The van der Waals surface area contributed by atoms with Crippen LogP contribution in [0, 0.1) is 13.8 Å². The number of rotatable bonds is 3. The first kappa shape index (κ1) is 12.7. The largest absolute Gasteiger partial charge is 0.328 e. The van der Waals surface area contributed by atoms with Gasteiger partial charge in [0.15, 0.2) is 0 Å². The van der Waals surface area contributed by atoms with E-state index in [1.807, 2.05) is 26.2 Å². The van der Waals surface area contributed by atoms with Crippen molar-refractivity contribution in [2.75, 3.05) is 0 Å². The lowest BCUT2D eigenvalue weighted by atomic mass is 10.0. The molecule has 18 heavy (non-hydrogen) atoms. The molecule has 1 aromatic carbocycles. The second-order valence-corrected chi connectivity index (χ2v) is 5.08. The summed E-state index contributed by atoms with van der Waals surface area (Å²) in [5, 5.41) is 0. The van der Waals surface area contributed by atoms with E-state index in [1.54, 1.807) is 9.13 Å². The topological polar surface area (TPSA) is 26.9 Å². The molecule has 1 heterocycles. The molecular formula is C15H20N2O. The van der Waals surface area contributed by atoms with Gasteiger partial charge >= 0.3 is 5.69 Å². The van der Waals surface area contributed by atoms with Crippen molar-refractivity contribution >= 4 is 0 Å². The normalized spacial score (nSPS) is 11.2. The van der Waals surface area contributed by atoms with Gasteiger partial charge in [-0.3, -0.25) is 9.13 Å². The zero-order valence-corrected chi connectivity index (χ0v) is 11.5. The predicted octanol–water partition coefficient (Wildman–Crippen LogP) is 2.90. The van der Waals surface area contributed by atoms with E-state index in [0.29, 0.717) is 6.54 Å². The van der Waals surface area contributed by atoms with Crippen molar-refractivity contribution in [1.29, 1.82) is 0 Å². The molecule has 0 spiro atoms. The maximum atomic E-state index is 12.2. The highest BCUT2D eigenvalue weighted by Crippen LogP contribution is 2.14. The van der Waals surface area contributed by atoms with Gasteiger partial charge in [0.1, 0.15) is 0 Å². The molecule has 0 amide bonds. The van der Waals surface area contributed by atoms with Gasteiger partial charge in [0.25, 0.3) is 0 Å². The number of imidazole rings is 1. The van der Waals surface area contributed by atoms with E-state index < -0.39 is 0 Å². The van der Waals surface area contributed by atoms with Gasteiger partial charge < -0.3 is 0 Å². The molecule has 0 fully saturated rings. The van der Waals surface area contributed by atoms with Gasteiger partial charge in [-0.25, -0.2) is 4.79 Å². The Balaban J connectivity index is 2.38. The molecule has 0 radical (unpaired) electrons. The van der Waals surface area contributed by atoms with Gasteiger partial charge in [0, 0.05) is 18.4 Å². The number of nitrogens with zero attached hydrogens (tertiary/aromatic N) is 2. The van der Waals surface area contributed by atoms with E-state index in [2.05, 4.69) is 32.0 Å². The molecule has 0 aliphatic carbocycles. The van der Waals surface area contributed by atoms with Crippen LogP contribution >= 0.6 is 0 Å². The molecule has 0 aliphatic rings. The molecule has 2 rings (SSSR count). The highest BCUT2D eigenvalue weighted by Gasteiger charge is 2.08. The molecule has 1 aromatic heterocycles. The standard InChI is InChI=1S/C15H20N2O/c1-11(2)17-9-8-16(15(17)18)10-14-12(3)6-5-7-13(14)4/h5-9,11H,10H2,1-4H3. The minimum atomic E-state index is 0.0626. The summed E-state index contributed by atoms with van der Waals surface area (Å²) in [7, 11) is 0. The quantitative estimate of drug-likeness (QED) is 0.815. The molecule has 0 aliphatic heterocycles.